The number of furan rings is 1. The lowest BCUT2D eigenvalue weighted by Crippen LogP contribution is -2.26. The van der Waals surface area contributed by atoms with Gasteiger partial charge in [0.2, 0.25) is 0 Å². The predicted molar refractivity (Wildman–Crippen MR) is 157 cm³/mol. The summed E-state index contributed by atoms with van der Waals surface area (Å²) in [6.45, 7) is 2.51. The van der Waals surface area contributed by atoms with Crippen molar-refractivity contribution in [1.29, 1.82) is 0 Å². The number of ether oxygens (including phenoxy) is 1. The molecule has 0 N–H and O–H groups in total. The maximum atomic E-state index is 14.0. The van der Waals surface area contributed by atoms with Gasteiger partial charge in [-0.05, 0) is 42.8 Å². The van der Waals surface area contributed by atoms with Gasteiger partial charge in [0.05, 0.1) is 36.2 Å². The molecule has 1 amide bonds. The van der Waals surface area contributed by atoms with Gasteiger partial charge < -0.3 is 18.6 Å². The number of methoxy groups -OCH3 is 1. The Hall–Kier alpha value is -5.51. The maximum absolute atomic E-state index is 14.0. The van der Waals surface area contributed by atoms with Crippen molar-refractivity contribution in [2.75, 3.05) is 21.2 Å². The first-order chi connectivity index (χ1) is 20.3. The topological polar surface area (TPSA) is 112 Å². The fraction of sp³-hybridized carbons (Fsp3) is 0.156. The molecule has 42 heavy (non-hydrogen) atoms. The van der Waals surface area contributed by atoms with Gasteiger partial charge >= 0.3 is 12.0 Å². The summed E-state index contributed by atoms with van der Waals surface area (Å²) in [7, 11) is 4.51. The van der Waals surface area contributed by atoms with E-state index >= 15 is 0 Å². The van der Waals surface area contributed by atoms with Crippen LogP contribution in [0.5, 0.6) is 0 Å². The highest BCUT2D eigenvalue weighted by molar-refractivity contribution is 6.22. The van der Waals surface area contributed by atoms with E-state index in [1.165, 1.54) is 29.0 Å². The number of fused-ring (bicyclic) bond motifs is 2. The third-order valence-corrected chi connectivity index (χ3v) is 7.25. The van der Waals surface area contributed by atoms with Crippen LogP contribution < -0.4 is 0 Å². The minimum absolute atomic E-state index is 0.156. The summed E-state index contributed by atoms with van der Waals surface area (Å²) in [5.41, 5.74) is 4.52. The molecule has 0 aliphatic carbocycles. The first kappa shape index (κ1) is 26.7. The van der Waals surface area contributed by atoms with Crippen molar-refractivity contribution in [2.24, 2.45) is 0 Å². The molecule has 6 rings (SSSR count). The number of carbonyl (C=O) groups is 3. The first-order valence-electron chi connectivity index (χ1n) is 13.2. The smallest absolute Gasteiger partial charge is 0.338 e. The lowest BCUT2D eigenvalue weighted by atomic mass is 9.96. The Bertz CT molecular complexity index is 1980. The zero-order valence-corrected chi connectivity index (χ0v) is 23.5. The van der Waals surface area contributed by atoms with E-state index in [4.69, 9.17) is 9.15 Å². The molecular weight excluding hydrogens is 534 g/mol. The van der Waals surface area contributed by atoms with Gasteiger partial charge in [0.1, 0.15) is 17.1 Å². The molecule has 0 saturated heterocycles. The Kier molecular flexibility index (Phi) is 6.66. The molecule has 0 saturated carbocycles. The molecule has 10 nitrogen and oxygen atoms in total. The number of aryl methyl sites for hydroxylation is 1. The Morgan fingerprint density at radius 1 is 1.00 bits per heavy atom. The summed E-state index contributed by atoms with van der Waals surface area (Å²) in [4.78, 5) is 50.3. The predicted octanol–water partition coefficient (Wildman–Crippen LogP) is 5.55. The molecule has 0 aliphatic heterocycles. The van der Waals surface area contributed by atoms with Crippen LogP contribution in [0.1, 0.15) is 37.7 Å². The van der Waals surface area contributed by atoms with Gasteiger partial charge in [-0.3, -0.25) is 14.3 Å². The zero-order valence-electron chi connectivity index (χ0n) is 23.5. The molecule has 10 heteroatoms. The molecule has 0 aliphatic rings. The summed E-state index contributed by atoms with van der Waals surface area (Å²) in [6.07, 6.45) is 6.47. The minimum Gasteiger partial charge on any atom is -0.465 e. The van der Waals surface area contributed by atoms with Gasteiger partial charge in [-0.2, -0.15) is 0 Å². The zero-order chi connectivity index (χ0) is 29.5. The van der Waals surface area contributed by atoms with Crippen LogP contribution in [0, 0.1) is 6.92 Å². The minimum atomic E-state index is -0.633. The van der Waals surface area contributed by atoms with E-state index in [1.54, 1.807) is 62.9 Å². The van der Waals surface area contributed by atoms with Gasteiger partial charge in [-0.25, -0.2) is 14.6 Å². The third kappa shape index (κ3) is 4.52. The molecule has 0 unspecified atom stereocenters. The van der Waals surface area contributed by atoms with Crippen molar-refractivity contribution >= 4 is 39.7 Å². The standard InChI is InChI=1S/C32H27N5O5/c1-19-34-25-16-33-12-11-26(25)36(19)17-20-7-9-21(10-8-20)30(38)24-18-37(32(40)35(2)3)27-15-22(28-6-5-13-42-28)14-23(29(24)27)31(39)41-4/h5-16,18H,17H2,1-4H3. The molecule has 2 aromatic carbocycles. The fourth-order valence-electron chi connectivity index (χ4n) is 5.17. The van der Waals surface area contributed by atoms with Crippen molar-refractivity contribution in [2.45, 2.75) is 13.5 Å². The number of aromatic nitrogens is 4. The number of amides is 1. The Balaban J connectivity index is 1.44. The molecule has 4 heterocycles. The molecule has 210 valence electrons. The Morgan fingerprint density at radius 3 is 2.48 bits per heavy atom. The van der Waals surface area contributed by atoms with Gasteiger partial charge in [0.15, 0.2) is 5.78 Å². The van der Waals surface area contributed by atoms with Crippen molar-refractivity contribution in [3.63, 3.8) is 0 Å². The second-order valence-electron chi connectivity index (χ2n) is 10.1. The molecule has 4 aromatic heterocycles. The van der Waals surface area contributed by atoms with Crippen LogP contribution in [0.3, 0.4) is 0 Å². The summed E-state index contributed by atoms with van der Waals surface area (Å²) in [5.74, 6) is 0.405. The SMILES string of the molecule is COC(=O)c1cc(-c2ccco2)cc2c1c(C(=O)c1ccc(Cn3c(C)nc4cnccc43)cc1)cn2C(=O)N(C)C. The second kappa shape index (κ2) is 10.5. The highest BCUT2D eigenvalue weighted by atomic mass is 16.5. The molecule has 0 spiro atoms. The van der Waals surface area contributed by atoms with E-state index in [9.17, 15) is 14.4 Å². The van der Waals surface area contributed by atoms with E-state index in [-0.39, 0.29) is 22.9 Å². The summed E-state index contributed by atoms with van der Waals surface area (Å²) < 4.78 is 14.1. The number of imidazole rings is 1. The van der Waals surface area contributed by atoms with Crippen LogP contribution in [0.25, 0.3) is 33.3 Å². The van der Waals surface area contributed by atoms with Crippen molar-refractivity contribution < 1.29 is 23.5 Å². The molecule has 0 fully saturated rings. The summed E-state index contributed by atoms with van der Waals surface area (Å²) in [5, 5.41) is 0.329. The Labute approximate surface area is 240 Å². The van der Waals surface area contributed by atoms with Gasteiger partial charge in [0.25, 0.3) is 0 Å². The lowest BCUT2D eigenvalue weighted by Gasteiger charge is -2.12. The average molecular weight is 562 g/mol. The number of hydrogen-bond donors (Lipinski definition) is 0. The maximum Gasteiger partial charge on any atom is 0.338 e. The molecule has 0 bridgehead atoms. The summed E-state index contributed by atoms with van der Waals surface area (Å²) in [6, 6.07) is 15.7. The van der Waals surface area contributed by atoms with Gasteiger partial charge in [-0.1, -0.05) is 24.3 Å². The number of ketones is 1. The van der Waals surface area contributed by atoms with Crippen LogP contribution in [-0.4, -0.2) is 63.0 Å². The second-order valence-corrected chi connectivity index (χ2v) is 10.1. The van der Waals surface area contributed by atoms with Crippen molar-refractivity contribution in [3.8, 4) is 11.3 Å². The molecule has 0 atom stereocenters. The van der Waals surface area contributed by atoms with Gasteiger partial charge in [-0.15, -0.1) is 0 Å². The van der Waals surface area contributed by atoms with E-state index in [0.29, 0.717) is 34.3 Å². The molecule has 0 radical (unpaired) electrons. The van der Waals surface area contributed by atoms with Crippen LogP contribution in [-0.2, 0) is 11.3 Å². The number of carbonyl (C=O) groups excluding carboxylic acids is 3. The lowest BCUT2D eigenvalue weighted by molar-refractivity contribution is 0.0603. The Morgan fingerprint density at radius 2 is 1.79 bits per heavy atom. The van der Waals surface area contributed by atoms with Gasteiger partial charge in [0, 0.05) is 55.1 Å². The molecule has 6 aromatic rings. The van der Waals surface area contributed by atoms with Crippen molar-refractivity contribution in [3.05, 3.63) is 108 Å². The highest BCUT2D eigenvalue weighted by Gasteiger charge is 2.26. The van der Waals surface area contributed by atoms with Crippen LogP contribution in [0.2, 0.25) is 0 Å². The molecular formula is C32H27N5O5. The first-order valence-corrected chi connectivity index (χ1v) is 13.2. The monoisotopic (exact) mass is 561 g/mol. The fourth-order valence-corrected chi connectivity index (χ4v) is 5.17. The number of rotatable bonds is 6. The number of pyridine rings is 1. The van der Waals surface area contributed by atoms with Crippen LogP contribution in [0.4, 0.5) is 4.79 Å². The largest absolute Gasteiger partial charge is 0.465 e. The van der Waals surface area contributed by atoms with E-state index in [1.807, 2.05) is 25.1 Å². The number of benzene rings is 2. The quantitative estimate of drug-likeness (QED) is 0.194. The highest BCUT2D eigenvalue weighted by Crippen LogP contribution is 2.34. The average Bonchev–Trinajstić information content (AvgIpc) is 3.74. The number of nitrogens with zero attached hydrogens (tertiary/aromatic N) is 5. The van der Waals surface area contributed by atoms with E-state index in [0.717, 1.165) is 22.4 Å². The van der Waals surface area contributed by atoms with E-state index < -0.39 is 5.97 Å². The van der Waals surface area contributed by atoms with E-state index in [2.05, 4.69) is 14.5 Å². The third-order valence-electron chi connectivity index (χ3n) is 7.25. The van der Waals surface area contributed by atoms with Crippen LogP contribution >= 0.6 is 0 Å². The van der Waals surface area contributed by atoms with Crippen molar-refractivity contribution in [1.82, 2.24) is 24.0 Å². The van der Waals surface area contributed by atoms with Crippen LogP contribution in [0.15, 0.2) is 83.9 Å². The normalized spacial score (nSPS) is 11.2. The summed E-state index contributed by atoms with van der Waals surface area (Å²) >= 11 is 0. The number of esters is 1. The number of hydrogen-bond acceptors (Lipinski definition) is 7.